The number of carbonyl (C=O) groups excluding carboxylic acids is 1. The number of piperidine rings is 1. The lowest BCUT2D eigenvalue weighted by atomic mass is 9.92. The van der Waals surface area contributed by atoms with E-state index in [2.05, 4.69) is 6.92 Å². The summed E-state index contributed by atoms with van der Waals surface area (Å²) in [5.74, 6) is 1.28. The summed E-state index contributed by atoms with van der Waals surface area (Å²) in [6.45, 7) is 7.28. The Hall–Kier alpha value is -1.65. The average molecular weight is 301 g/mol. The van der Waals surface area contributed by atoms with Gasteiger partial charge >= 0.3 is 6.09 Å². The Morgan fingerprint density at radius 1 is 1.18 bits per heavy atom. The van der Waals surface area contributed by atoms with E-state index >= 15 is 0 Å². The fourth-order valence-corrected chi connectivity index (χ4v) is 2.68. The molecule has 1 amide bonds. The van der Waals surface area contributed by atoms with E-state index < -0.39 is 0 Å². The smallest absolute Gasteiger partial charge is 0.410 e. The minimum absolute atomic E-state index is 0.0713. The molecule has 5 heteroatoms. The molecule has 1 aromatic carbocycles. The van der Waals surface area contributed by atoms with E-state index in [0.717, 1.165) is 37.1 Å². The number of amides is 1. The highest BCUT2D eigenvalue weighted by Gasteiger charge is 2.28. The van der Waals surface area contributed by atoms with Crippen molar-refractivity contribution in [2.24, 2.45) is 5.92 Å². The van der Waals surface area contributed by atoms with Crippen LogP contribution in [0.25, 0.3) is 0 Å². The van der Waals surface area contributed by atoms with E-state index in [4.69, 9.17) is 17.3 Å². The Morgan fingerprint density at radius 2 is 1.77 bits per heavy atom. The number of rotatable bonds is 4. The first-order valence-electron chi connectivity index (χ1n) is 7.93. The van der Waals surface area contributed by atoms with Crippen molar-refractivity contribution in [2.45, 2.75) is 45.8 Å². The zero-order chi connectivity index (χ0) is 16.1. The predicted molar refractivity (Wildman–Crippen MR) is 87.8 cm³/mol. The minimum Gasteiger partial charge on any atom is -0.490 e. The molecule has 1 heterocycles. The lowest BCUT2D eigenvalue weighted by molar-refractivity contribution is 0.0495. The second kappa shape index (κ2) is 7.57. The molecule has 2 radical (unpaired) electrons. The summed E-state index contributed by atoms with van der Waals surface area (Å²) in [6, 6.07) is 7.46. The van der Waals surface area contributed by atoms with E-state index in [1.165, 1.54) is 0 Å². The van der Waals surface area contributed by atoms with Crippen molar-refractivity contribution in [1.82, 2.24) is 4.90 Å². The first-order valence-corrected chi connectivity index (χ1v) is 7.93. The molecule has 0 spiro atoms. The van der Waals surface area contributed by atoms with Gasteiger partial charge in [-0.25, -0.2) is 4.79 Å². The minimum atomic E-state index is -0.208. The Kier molecular flexibility index (Phi) is 5.75. The largest absolute Gasteiger partial charge is 0.490 e. The molecule has 22 heavy (non-hydrogen) atoms. The third-order valence-corrected chi connectivity index (χ3v) is 4.00. The van der Waals surface area contributed by atoms with Crippen molar-refractivity contribution >= 4 is 19.4 Å². The summed E-state index contributed by atoms with van der Waals surface area (Å²) in [4.78, 5) is 13.7. The highest BCUT2D eigenvalue weighted by Crippen LogP contribution is 2.24. The number of benzene rings is 1. The van der Waals surface area contributed by atoms with Crippen LogP contribution in [0.3, 0.4) is 0 Å². The molecule has 1 saturated heterocycles. The highest BCUT2D eigenvalue weighted by molar-refractivity contribution is 6.32. The van der Waals surface area contributed by atoms with E-state index in [0.29, 0.717) is 5.92 Å². The third kappa shape index (κ3) is 4.68. The number of hydrogen-bond donors (Lipinski definition) is 0. The van der Waals surface area contributed by atoms with Gasteiger partial charge in [0.05, 0.1) is 12.2 Å². The van der Waals surface area contributed by atoms with Gasteiger partial charge in [0.1, 0.15) is 13.6 Å². The zero-order valence-electron chi connectivity index (χ0n) is 13.6. The molecule has 0 bridgehead atoms. The summed E-state index contributed by atoms with van der Waals surface area (Å²) >= 11 is 0. The van der Waals surface area contributed by atoms with Crippen LogP contribution in [0.15, 0.2) is 24.3 Å². The molecule has 1 unspecified atom stereocenters. The van der Waals surface area contributed by atoms with Gasteiger partial charge in [-0.3, -0.25) is 0 Å². The first-order chi connectivity index (χ1) is 10.5. The standard InChI is InChI=1S/C17H24BNO3/c1-12(2)21-17(20)19-10-8-14(9-11-19)13(3)22-16-6-4-15(18)5-7-16/h4-7,12-14H,8-11H2,1-3H3. The lowest BCUT2D eigenvalue weighted by Crippen LogP contribution is -2.42. The van der Waals surface area contributed by atoms with Gasteiger partial charge in [-0.1, -0.05) is 17.6 Å². The first kappa shape index (κ1) is 16.7. The van der Waals surface area contributed by atoms with E-state index in [1.54, 1.807) is 4.90 Å². The van der Waals surface area contributed by atoms with Crippen LogP contribution in [-0.2, 0) is 4.74 Å². The van der Waals surface area contributed by atoms with Crippen LogP contribution in [-0.4, -0.2) is 44.1 Å². The molecule has 0 N–H and O–H groups in total. The number of ether oxygens (including phenoxy) is 2. The molecule has 118 valence electrons. The van der Waals surface area contributed by atoms with Crippen molar-refractivity contribution in [1.29, 1.82) is 0 Å². The molecule has 2 rings (SSSR count). The molecule has 1 atom stereocenters. The maximum absolute atomic E-state index is 11.9. The Balaban J connectivity index is 1.80. The number of carbonyl (C=O) groups is 1. The summed E-state index contributed by atoms with van der Waals surface area (Å²) in [6.07, 6.45) is 1.71. The predicted octanol–water partition coefficient (Wildman–Crippen LogP) is 2.50. The summed E-state index contributed by atoms with van der Waals surface area (Å²) in [5, 5.41) is 0. The van der Waals surface area contributed by atoms with Crippen LogP contribution in [0.5, 0.6) is 5.75 Å². The van der Waals surface area contributed by atoms with Gasteiger partial charge in [0, 0.05) is 13.1 Å². The zero-order valence-corrected chi connectivity index (χ0v) is 13.6. The summed E-state index contributed by atoms with van der Waals surface area (Å²) < 4.78 is 11.2. The van der Waals surface area contributed by atoms with Crippen molar-refractivity contribution in [3.8, 4) is 5.75 Å². The highest BCUT2D eigenvalue weighted by atomic mass is 16.6. The molecule has 1 aliphatic rings. The van der Waals surface area contributed by atoms with E-state index in [-0.39, 0.29) is 18.3 Å². The fraction of sp³-hybridized carbons (Fsp3) is 0.588. The maximum Gasteiger partial charge on any atom is 0.410 e. The fourth-order valence-electron chi connectivity index (χ4n) is 2.68. The Bertz CT molecular complexity index is 481. The van der Waals surface area contributed by atoms with Crippen molar-refractivity contribution in [3.05, 3.63) is 24.3 Å². The van der Waals surface area contributed by atoms with Gasteiger partial charge < -0.3 is 14.4 Å². The number of hydrogen-bond acceptors (Lipinski definition) is 3. The monoisotopic (exact) mass is 301 g/mol. The van der Waals surface area contributed by atoms with Crippen LogP contribution in [0.4, 0.5) is 4.79 Å². The van der Waals surface area contributed by atoms with Gasteiger partial charge in [0.15, 0.2) is 0 Å². The maximum atomic E-state index is 11.9. The molecule has 0 aromatic heterocycles. The van der Waals surface area contributed by atoms with Crippen molar-refractivity contribution < 1.29 is 14.3 Å². The second-order valence-corrected chi connectivity index (χ2v) is 6.15. The Labute approximate surface area is 134 Å². The third-order valence-electron chi connectivity index (χ3n) is 4.00. The normalized spacial score (nSPS) is 17.4. The van der Waals surface area contributed by atoms with E-state index in [1.807, 2.05) is 38.1 Å². The van der Waals surface area contributed by atoms with Crippen LogP contribution < -0.4 is 10.2 Å². The molecule has 1 aliphatic heterocycles. The number of likely N-dealkylation sites (tertiary alicyclic amines) is 1. The quantitative estimate of drug-likeness (QED) is 0.802. The second-order valence-electron chi connectivity index (χ2n) is 6.15. The molecule has 0 aliphatic carbocycles. The Morgan fingerprint density at radius 3 is 2.32 bits per heavy atom. The molecule has 4 nitrogen and oxygen atoms in total. The van der Waals surface area contributed by atoms with Crippen molar-refractivity contribution in [3.63, 3.8) is 0 Å². The summed E-state index contributed by atoms with van der Waals surface area (Å²) in [7, 11) is 5.67. The van der Waals surface area contributed by atoms with E-state index in [9.17, 15) is 4.79 Å². The molecule has 1 fully saturated rings. The SMILES string of the molecule is [B]c1ccc(OC(C)C2CCN(C(=O)OC(C)C)CC2)cc1. The molecular weight excluding hydrogens is 277 g/mol. The topological polar surface area (TPSA) is 38.8 Å². The number of nitrogens with zero attached hydrogens (tertiary/aromatic N) is 1. The van der Waals surface area contributed by atoms with Gasteiger partial charge in [-0.15, -0.1) is 0 Å². The molecular formula is C17H24BNO3. The van der Waals surface area contributed by atoms with Crippen LogP contribution in [0, 0.1) is 5.92 Å². The molecule has 0 saturated carbocycles. The van der Waals surface area contributed by atoms with Gasteiger partial charge in [-0.05, 0) is 51.7 Å². The van der Waals surface area contributed by atoms with Crippen molar-refractivity contribution in [2.75, 3.05) is 13.1 Å². The summed E-state index contributed by atoms with van der Waals surface area (Å²) in [5.41, 5.74) is 0.733. The van der Waals surface area contributed by atoms with Crippen LogP contribution in [0.2, 0.25) is 0 Å². The average Bonchev–Trinajstić information content (AvgIpc) is 2.49. The van der Waals surface area contributed by atoms with Gasteiger partial charge in [0.25, 0.3) is 0 Å². The van der Waals surface area contributed by atoms with Crippen LogP contribution >= 0.6 is 0 Å². The van der Waals surface area contributed by atoms with Gasteiger partial charge in [0.2, 0.25) is 0 Å². The molecule has 1 aromatic rings. The van der Waals surface area contributed by atoms with Gasteiger partial charge in [-0.2, -0.15) is 0 Å². The lowest BCUT2D eigenvalue weighted by Gasteiger charge is -2.34. The van der Waals surface area contributed by atoms with Crippen LogP contribution in [0.1, 0.15) is 33.6 Å².